The maximum Gasteiger partial charge on any atom is 0.169 e. The van der Waals surface area contributed by atoms with Gasteiger partial charge in [0.05, 0.1) is 18.4 Å². The Kier molecular flexibility index (Phi) is 3.75. The van der Waals surface area contributed by atoms with Crippen LogP contribution in [0, 0.1) is 0 Å². The monoisotopic (exact) mass is 395 g/mol. The summed E-state index contributed by atoms with van der Waals surface area (Å²) < 4.78 is 2.02. The Balaban J connectivity index is 1.26. The van der Waals surface area contributed by atoms with Crippen molar-refractivity contribution >= 4 is 17.3 Å². The van der Waals surface area contributed by atoms with Crippen molar-refractivity contribution in [1.82, 2.24) is 20.3 Å². The summed E-state index contributed by atoms with van der Waals surface area (Å²) in [5.41, 5.74) is 24.9. The van der Waals surface area contributed by atoms with Crippen LogP contribution < -0.4 is 22.1 Å². The second kappa shape index (κ2) is 6.60. The molecule has 1 aliphatic heterocycles. The minimum absolute atomic E-state index is 0.494. The fraction of sp³-hybridized carbons (Fsp3) is 0.130. The first-order valence-electron chi connectivity index (χ1n) is 10.0. The van der Waals surface area contributed by atoms with E-state index in [2.05, 4.69) is 75.1 Å². The summed E-state index contributed by atoms with van der Waals surface area (Å²) in [5, 5.41) is 4.62. The standard InChI is InChI=1S/C23H21N7/c24-21-10-17(22-23(26-21)28-29-27-22)8-14-11-25-30(12-14)13-16-5-3-7-19-18-6-2-1-4-15(18)9-20(16)19/h1-7,10-12,27,29H,8-9,13H2,(H3,24,26,28). The van der Waals surface area contributed by atoms with Gasteiger partial charge in [-0.25, -0.2) is 4.98 Å². The van der Waals surface area contributed by atoms with Crippen molar-refractivity contribution < 1.29 is 0 Å². The predicted octanol–water partition coefficient (Wildman–Crippen LogP) is 3.33. The average molecular weight is 395 g/mol. The number of nitrogens with zero attached hydrogens (tertiary/aromatic N) is 3. The Bertz CT molecular complexity index is 1270. The largest absolute Gasteiger partial charge is 0.384 e. The molecule has 5 N–H and O–H groups in total. The van der Waals surface area contributed by atoms with Crippen molar-refractivity contribution in [2.75, 3.05) is 16.6 Å². The first-order chi connectivity index (χ1) is 14.7. The number of nitrogens with two attached hydrogens (primary N) is 1. The molecule has 30 heavy (non-hydrogen) atoms. The van der Waals surface area contributed by atoms with E-state index >= 15 is 0 Å². The van der Waals surface area contributed by atoms with E-state index in [1.807, 2.05) is 16.9 Å². The number of hydrogen-bond donors (Lipinski definition) is 4. The van der Waals surface area contributed by atoms with Crippen molar-refractivity contribution in [3.63, 3.8) is 0 Å². The molecule has 2 aromatic heterocycles. The van der Waals surface area contributed by atoms with Gasteiger partial charge in [-0.1, -0.05) is 42.5 Å². The van der Waals surface area contributed by atoms with E-state index in [-0.39, 0.29) is 0 Å². The highest BCUT2D eigenvalue weighted by molar-refractivity contribution is 5.78. The minimum atomic E-state index is 0.494. The number of nitrogens with one attached hydrogen (secondary N) is 3. The molecule has 0 radical (unpaired) electrons. The van der Waals surface area contributed by atoms with Crippen LogP contribution in [0.2, 0.25) is 0 Å². The molecule has 7 nitrogen and oxygen atoms in total. The quantitative estimate of drug-likeness (QED) is 0.373. The number of rotatable bonds is 4. The Hall–Kier alpha value is -3.84. The summed E-state index contributed by atoms with van der Waals surface area (Å²) >= 11 is 0. The first-order valence-corrected chi connectivity index (χ1v) is 10.0. The molecule has 0 unspecified atom stereocenters. The van der Waals surface area contributed by atoms with Crippen molar-refractivity contribution in [3.8, 4) is 11.1 Å². The highest BCUT2D eigenvalue weighted by Crippen LogP contribution is 2.38. The van der Waals surface area contributed by atoms with E-state index in [4.69, 9.17) is 5.73 Å². The van der Waals surface area contributed by atoms with Crippen LogP contribution in [-0.4, -0.2) is 14.8 Å². The molecule has 1 aliphatic carbocycles. The molecule has 3 heterocycles. The smallest absolute Gasteiger partial charge is 0.169 e. The molecule has 0 spiro atoms. The van der Waals surface area contributed by atoms with E-state index in [1.54, 1.807) is 0 Å². The third-order valence-electron chi connectivity index (χ3n) is 5.85. The molecule has 0 saturated heterocycles. The lowest BCUT2D eigenvalue weighted by atomic mass is 10.0. The number of fused-ring (bicyclic) bond motifs is 4. The van der Waals surface area contributed by atoms with Gasteiger partial charge in [0.2, 0.25) is 0 Å². The number of anilines is 3. The number of nitrogen functional groups attached to an aromatic ring is 1. The number of aromatic nitrogens is 3. The summed E-state index contributed by atoms with van der Waals surface area (Å²) in [5.74, 6) is 1.21. The van der Waals surface area contributed by atoms with Gasteiger partial charge in [-0.15, -0.1) is 5.53 Å². The van der Waals surface area contributed by atoms with Crippen LogP contribution in [-0.2, 0) is 19.4 Å². The zero-order chi connectivity index (χ0) is 20.1. The summed E-state index contributed by atoms with van der Waals surface area (Å²) in [6, 6.07) is 17.2. The second-order valence-electron chi connectivity index (χ2n) is 7.80. The summed E-state index contributed by atoms with van der Waals surface area (Å²) in [6.45, 7) is 0.759. The van der Waals surface area contributed by atoms with Crippen LogP contribution in [0.3, 0.4) is 0 Å². The maximum atomic E-state index is 5.95. The van der Waals surface area contributed by atoms with Gasteiger partial charge in [0.1, 0.15) is 5.82 Å². The van der Waals surface area contributed by atoms with Gasteiger partial charge in [0, 0.05) is 12.6 Å². The molecule has 7 heteroatoms. The second-order valence-corrected chi connectivity index (χ2v) is 7.80. The molecule has 4 aromatic rings. The summed E-state index contributed by atoms with van der Waals surface area (Å²) in [7, 11) is 0. The highest BCUT2D eigenvalue weighted by atomic mass is 15.6. The Morgan fingerprint density at radius 1 is 1.00 bits per heavy atom. The van der Waals surface area contributed by atoms with Crippen LogP contribution >= 0.6 is 0 Å². The summed E-state index contributed by atoms with van der Waals surface area (Å²) in [4.78, 5) is 4.29. The molecular formula is C23H21N7. The lowest BCUT2D eigenvalue weighted by molar-refractivity contribution is 0.682. The van der Waals surface area contributed by atoms with Gasteiger partial charge >= 0.3 is 0 Å². The zero-order valence-corrected chi connectivity index (χ0v) is 16.3. The zero-order valence-electron chi connectivity index (χ0n) is 16.3. The van der Waals surface area contributed by atoms with E-state index in [0.717, 1.165) is 42.0 Å². The molecule has 0 amide bonds. The minimum Gasteiger partial charge on any atom is -0.384 e. The number of hydrogen-bond acceptors (Lipinski definition) is 6. The molecule has 148 valence electrons. The van der Waals surface area contributed by atoms with Crippen molar-refractivity contribution in [2.45, 2.75) is 19.4 Å². The number of benzene rings is 2. The fourth-order valence-corrected chi connectivity index (χ4v) is 4.49. The Morgan fingerprint density at radius 3 is 2.87 bits per heavy atom. The molecule has 6 rings (SSSR count). The van der Waals surface area contributed by atoms with Gasteiger partial charge in [-0.05, 0) is 51.4 Å². The molecule has 0 fully saturated rings. The van der Waals surface area contributed by atoms with Crippen LogP contribution in [0.5, 0.6) is 0 Å². The lowest BCUT2D eigenvalue weighted by Gasteiger charge is -2.09. The van der Waals surface area contributed by atoms with E-state index in [1.165, 1.54) is 27.8 Å². The maximum absolute atomic E-state index is 5.95. The number of hydrazine groups is 2. The fourth-order valence-electron chi connectivity index (χ4n) is 4.49. The molecule has 2 aromatic carbocycles. The van der Waals surface area contributed by atoms with Gasteiger partial charge in [0.25, 0.3) is 0 Å². The van der Waals surface area contributed by atoms with Crippen LogP contribution in [0.15, 0.2) is 60.9 Å². The van der Waals surface area contributed by atoms with Crippen molar-refractivity contribution in [1.29, 1.82) is 0 Å². The van der Waals surface area contributed by atoms with Gasteiger partial charge < -0.3 is 11.2 Å². The SMILES string of the molecule is Nc1cc(Cc2cnn(Cc3cccc4c3Cc3ccccc3-4)c2)c2c(n1)NNN2. The highest BCUT2D eigenvalue weighted by Gasteiger charge is 2.21. The molecule has 0 atom stereocenters. The number of pyridine rings is 1. The molecular weight excluding hydrogens is 374 g/mol. The van der Waals surface area contributed by atoms with Crippen LogP contribution in [0.1, 0.15) is 27.8 Å². The van der Waals surface area contributed by atoms with Crippen molar-refractivity contribution in [3.05, 3.63) is 88.7 Å². The van der Waals surface area contributed by atoms with Crippen LogP contribution in [0.25, 0.3) is 11.1 Å². The third kappa shape index (κ3) is 2.79. The third-order valence-corrected chi connectivity index (χ3v) is 5.85. The molecule has 2 aliphatic rings. The average Bonchev–Trinajstić information content (AvgIpc) is 3.47. The van der Waals surface area contributed by atoms with E-state index < -0.39 is 0 Å². The lowest BCUT2D eigenvalue weighted by Crippen LogP contribution is -2.19. The van der Waals surface area contributed by atoms with E-state index in [9.17, 15) is 0 Å². The van der Waals surface area contributed by atoms with Gasteiger partial charge in [0.15, 0.2) is 5.82 Å². The van der Waals surface area contributed by atoms with Crippen molar-refractivity contribution in [2.24, 2.45) is 0 Å². The topological polar surface area (TPSA) is 92.8 Å². The predicted molar refractivity (Wildman–Crippen MR) is 118 cm³/mol. The molecule has 0 bridgehead atoms. The Labute approximate surface area is 173 Å². The molecule has 0 saturated carbocycles. The summed E-state index contributed by atoms with van der Waals surface area (Å²) in [6.07, 6.45) is 5.75. The Morgan fingerprint density at radius 2 is 1.90 bits per heavy atom. The normalized spacial score (nSPS) is 13.3. The van der Waals surface area contributed by atoms with Gasteiger partial charge in [-0.2, -0.15) is 5.10 Å². The van der Waals surface area contributed by atoms with Crippen LogP contribution in [0.4, 0.5) is 17.3 Å². The van der Waals surface area contributed by atoms with E-state index in [0.29, 0.717) is 5.82 Å². The first kappa shape index (κ1) is 17.1. The van der Waals surface area contributed by atoms with Gasteiger partial charge in [-0.3, -0.25) is 10.1 Å².